The smallest absolute Gasteiger partial charge is 0.261 e. The van der Waals surface area contributed by atoms with Gasteiger partial charge in [-0.25, -0.2) is 8.78 Å². The van der Waals surface area contributed by atoms with Gasteiger partial charge in [0.1, 0.15) is 0 Å². The van der Waals surface area contributed by atoms with E-state index in [1.54, 1.807) is 16.9 Å². The number of rotatable bonds is 5. The molecular weight excluding hydrogens is 366 g/mol. The predicted octanol–water partition coefficient (Wildman–Crippen LogP) is 2.66. The zero-order valence-electron chi connectivity index (χ0n) is 16.1. The molecule has 2 aliphatic heterocycles. The molecule has 1 N–H and O–H groups in total. The lowest BCUT2D eigenvalue weighted by molar-refractivity contribution is -0.170. The van der Waals surface area contributed by atoms with Crippen LogP contribution < -0.4 is 0 Å². The van der Waals surface area contributed by atoms with E-state index in [-0.39, 0.29) is 18.9 Å². The summed E-state index contributed by atoms with van der Waals surface area (Å²) >= 11 is 0. The molecule has 0 saturated carbocycles. The largest absolute Gasteiger partial charge is 0.383 e. The van der Waals surface area contributed by atoms with Gasteiger partial charge in [-0.3, -0.25) is 14.8 Å². The molecule has 2 fully saturated rings. The number of benzene rings is 1. The van der Waals surface area contributed by atoms with Gasteiger partial charge in [-0.05, 0) is 18.9 Å². The highest BCUT2D eigenvalue weighted by Gasteiger charge is 2.55. The molecule has 1 spiro atoms. The topological polar surface area (TPSA) is 61.5 Å². The van der Waals surface area contributed by atoms with Crippen LogP contribution in [0.5, 0.6) is 0 Å². The Kier molecular flexibility index (Phi) is 5.09. The number of H-pyrrole nitrogens is 1. The lowest BCUT2D eigenvalue weighted by Gasteiger charge is -2.49. The lowest BCUT2D eigenvalue weighted by atomic mass is 9.71. The second-order valence-corrected chi connectivity index (χ2v) is 8.07. The van der Waals surface area contributed by atoms with E-state index in [0.29, 0.717) is 39.2 Å². The van der Waals surface area contributed by atoms with Gasteiger partial charge in [0, 0.05) is 45.1 Å². The highest BCUT2D eigenvalue weighted by molar-refractivity contribution is 5.84. The summed E-state index contributed by atoms with van der Waals surface area (Å²) in [6.45, 7) is 1.81. The molecule has 2 saturated heterocycles. The number of carbonyl (C=O) groups excluding carboxylic acids is 1. The van der Waals surface area contributed by atoms with E-state index in [2.05, 4.69) is 10.2 Å². The van der Waals surface area contributed by atoms with Crippen molar-refractivity contribution >= 4 is 16.8 Å². The normalized spacial score (nSPS) is 25.7. The molecule has 1 amide bonds. The van der Waals surface area contributed by atoms with Crippen LogP contribution in [0.2, 0.25) is 0 Å². The van der Waals surface area contributed by atoms with Gasteiger partial charge in [-0.1, -0.05) is 18.2 Å². The first kappa shape index (κ1) is 19.3. The Morgan fingerprint density at radius 1 is 1.29 bits per heavy atom. The van der Waals surface area contributed by atoms with Gasteiger partial charge < -0.3 is 9.64 Å². The number of amides is 1. The zero-order chi connectivity index (χ0) is 19.8. The number of carbonyl (C=O) groups is 1. The third kappa shape index (κ3) is 3.63. The van der Waals surface area contributed by atoms with Crippen molar-refractivity contribution in [1.82, 2.24) is 20.0 Å². The summed E-state index contributed by atoms with van der Waals surface area (Å²) < 4.78 is 34.5. The number of methoxy groups -OCH3 is 1. The average Bonchev–Trinajstić information content (AvgIpc) is 3.05. The second kappa shape index (κ2) is 7.40. The van der Waals surface area contributed by atoms with E-state index < -0.39 is 11.3 Å². The molecule has 6 nitrogen and oxygen atoms in total. The van der Waals surface area contributed by atoms with Crippen LogP contribution in [-0.2, 0) is 16.1 Å². The molecule has 0 unspecified atom stereocenters. The molecular formula is C20H26F2N4O2. The van der Waals surface area contributed by atoms with E-state index in [9.17, 15) is 13.6 Å². The quantitative estimate of drug-likeness (QED) is 0.850. The van der Waals surface area contributed by atoms with E-state index in [4.69, 9.17) is 4.74 Å². The van der Waals surface area contributed by atoms with Crippen molar-refractivity contribution in [3.05, 3.63) is 30.0 Å². The fourth-order valence-electron chi connectivity index (χ4n) is 4.77. The van der Waals surface area contributed by atoms with E-state index in [1.807, 2.05) is 24.3 Å². The first-order valence-corrected chi connectivity index (χ1v) is 9.73. The highest BCUT2D eigenvalue weighted by atomic mass is 19.3. The van der Waals surface area contributed by atoms with Gasteiger partial charge in [-0.2, -0.15) is 5.10 Å². The van der Waals surface area contributed by atoms with Crippen molar-refractivity contribution in [2.24, 2.45) is 5.41 Å². The number of aromatic nitrogens is 2. The molecule has 0 aliphatic carbocycles. The summed E-state index contributed by atoms with van der Waals surface area (Å²) in [5.74, 6) is -3.05. The van der Waals surface area contributed by atoms with Crippen LogP contribution in [0.1, 0.15) is 25.0 Å². The third-order valence-electron chi connectivity index (χ3n) is 5.89. The number of ether oxygens (including phenoxy) is 1. The van der Waals surface area contributed by atoms with Crippen molar-refractivity contribution in [3.8, 4) is 0 Å². The van der Waals surface area contributed by atoms with E-state index in [1.165, 1.54) is 0 Å². The SMILES string of the molecule is COCCN1CCC[C@]2(CN(Cc3[nH]nc4ccccc34)CC(F)(F)C2)C1=O. The number of alkyl halides is 2. The third-order valence-corrected chi connectivity index (χ3v) is 5.89. The van der Waals surface area contributed by atoms with E-state index in [0.717, 1.165) is 23.0 Å². The number of likely N-dealkylation sites (tertiary alicyclic amines) is 2. The molecule has 1 aromatic heterocycles. The summed E-state index contributed by atoms with van der Waals surface area (Å²) in [5, 5.41) is 8.17. The molecule has 4 rings (SSSR count). The van der Waals surface area contributed by atoms with Crippen molar-refractivity contribution in [1.29, 1.82) is 0 Å². The van der Waals surface area contributed by atoms with Crippen LogP contribution in [0.15, 0.2) is 24.3 Å². The summed E-state index contributed by atoms with van der Waals surface area (Å²) in [4.78, 5) is 16.5. The van der Waals surface area contributed by atoms with Crippen LogP contribution >= 0.6 is 0 Å². The molecule has 152 valence electrons. The van der Waals surface area contributed by atoms with Gasteiger partial charge in [0.15, 0.2) is 0 Å². The zero-order valence-corrected chi connectivity index (χ0v) is 16.1. The Bertz CT molecular complexity index is 856. The maximum atomic E-state index is 14.7. The molecule has 3 heterocycles. The molecule has 1 atom stereocenters. The first-order chi connectivity index (χ1) is 13.4. The number of nitrogens with one attached hydrogen (secondary N) is 1. The Balaban J connectivity index is 1.57. The molecule has 0 bridgehead atoms. The lowest BCUT2D eigenvalue weighted by Crippen LogP contribution is -2.61. The number of piperidine rings is 2. The van der Waals surface area contributed by atoms with Crippen molar-refractivity contribution < 1.29 is 18.3 Å². The maximum absolute atomic E-state index is 14.7. The molecule has 28 heavy (non-hydrogen) atoms. The highest BCUT2D eigenvalue weighted by Crippen LogP contribution is 2.45. The standard InChI is InChI=1S/C20H26F2N4O2/c1-28-10-9-26-8-4-7-19(18(26)27)12-20(21,22)14-25(13-19)11-17-15-5-2-3-6-16(15)23-24-17/h2-3,5-6H,4,7-14H2,1H3,(H,23,24)/t19-/m0/s1. The predicted molar refractivity (Wildman–Crippen MR) is 101 cm³/mol. The first-order valence-electron chi connectivity index (χ1n) is 9.73. The summed E-state index contributed by atoms with van der Waals surface area (Å²) in [7, 11) is 1.58. The molecule has 2 aliphatic rings. The van der Waals surface area contributed by atoms with E-state index >= 15 is 0 Å². The number of hydrogen-bond donors (Lipinski definition) is 1. The number of fused-ring (bicyclic) bond motifs is 1. The Morgan fingerprint density at radius 3 is 2.93 bits per heavy atom. The number of hydrogen-bond acceptors (Lipinski definition) is 4. The summed E-state index contributed by atoms with van der Waals surface area (Å²) in [5.41, 5.74) is 0.599. The number of aromatic amines is 1. The minimum Gasteiger partial charge on any atom is -0.383 e. The van der Waals surface area contributed by atoms with Crippen LogP contribution in [0, 0.1) is 5.41 Å². The van der Waals surface area contributed by atoms with Crippen LogP contribution in [-0.4, -0.2) is 71.7 Å². The van der Waals surface area contributed by atoms with Gasteiger partial charge in [-0.15, -0.1) is 0 Å². The minimum atomic E-state index is -2.89. The van der Waals surface area contributed by atoms with Crippen molar-refractivity contribution in [2.75, 3.05) is 39.9 Å². The fraction of sp³-hybridized carbons (Fsp3) is 0.600. The number of para-hydroxylation sites is 1. The molecule has 8 heteroatoms. The Hall–Kier alpha value is -2.06. The average molecular weight is 392 g/mol. The van der Waals surface area contributed by atoms with Crippen LogP contribution in [0.4, 0.5) is 8.78 Å². The molecule has 0 radical (unpaired) electrons. The van der Waals surface area contributed by atoms with Crippen molar-refractivity contribution in [2.45, 2.75) is 31.7 Å². The van der Waals surface area contributed by atoms with Gasteiger partial charge in [0.25, 0.3) is 5.92 Å². The van der Waals surface area contributed by atoms with Gasteiger partial charge >= 0.3 is 0 Å². The maximum Gasteiger partial charge on any atom is 0.261 e. The molecule has 1 aromatic carbocycles. The fourth-order valence-corrected chi connectivity index (χ4v) is 4.77. The summed E-state index contributed by atoms with van der Waals surface area (Å²) in [6.07, 6.45) is 0.875. The van der Waals surface area contributed by atoms with Crippen molar-refractivity contribution in [3.63, 3.8) is 0 Å². The number of halogens is 2. The van der Waals surface area contributed by atoms with Crippen LogP contribution in [0.3, 0.4) is 0 Å². The number of nitrogens with zero attached hydrogens (tertiary/aromatic N) is 3. The Morgan fingerprint density at radius 2 is 2.11 bits per heavy atom. The van der Waals surface area contributed by atoms with Gasteiger partial charge in [0.05, 0.1) is 29.8 Å². The monoisotopic (exact) mass is 392 g/mol. The molecule has 2 aromatic rings. The summed E-state index contributed by atoms with van der Waals surface area (Å²) in [6, 6.07) is 7.63. The van der Waals surface area contributed by atoms with Crippen LogP contribution in [0.25, 0.3) is 10.9 Å². The Labute approximate surface area is 162 Å². The second-order valence-electron chi connectivity index (χ2n) is 8.07. The minimum absolute atomic E-state index is 0.158. The van der Waals surface area contributed by atoms with Gasteiger partial charge in [0.2, 0.25) is 5.91 Å².